The summed E-state index contributed by atoms with van der Waals surface area (Å²) in [5.74, 6) is -1.44. The summed E-state index contributed by atoms with van der Waals surface area (Å²) >= 11 is 0. The van der Waals surface area contributed by atoms with Crippen LogP contribution in [0.4, 0.5) is 0 Å². The molecule has 0 aromatic heterocycles. The van der Waals surface area contributed by atoms with Crippen molar-refractivity contribution in [3.63, 3.8) is 0 Å². The van der Waals surface area contributed by atoms with Crippen LogP contribution >= 0.6 is 0 Å². The zero-order valence-electron chi connectivity index (χ0n) is 9.85. The molecule has 1 N–H and O–H groups in total. The fourth-order valence-electron chi connectivity index (χ4n) is 1.48. The number of rotatable bonds is 3. The molecule has 0 saturated heterocycles. The van der Waals surface area contributed by atoms with E-state index in [2.05, 4.69) is 0 Å². The monoisotopic (exact) mass is 235 g/mol. The van der Waals surface area contributed by atoms with E-state index in [4.69, 9.17) is 5.11 Å². The molecule has 1 amide bonds. The van der Waals surface area contributed by atoms with Crippen LogP contribution in [0.25, 0.3) is 0 Å². The molecule has 0 unspecified atom stereocenters. The fraction of sp³-hybridized carbons (Fsp3) is 0.250. The van der Waals surface area contributed by atoms with E-state index in [9.17, 15) is 14.4 Å². The number of amides is 1. The Kier molecular flexibility index (Phi) is 3.62. The Morgan fingerprint density at radius 3 is 2.24 bits per heavy atom. The van der Waals surface area contributed by atoms with Crippen LogP contribution in [0.3, 0.4) is 0 Å². The average molecular weight is 235 g/mol. The Balaban J connectivity index is 3.43. The van der Waals surface area contributed by atoms with E-state index in [1.54, 1.807) is 21.0 Å². The van der Waals surface area contributed by atoms with E-state index in [0.717, 1.165) is 0 Å². The van der Waals surface area contributed by atoms with Crippen molar-refractivity contribution >= 4 is 18.2 Å². The Bertz CT molecular complexity index is 492. The van der Waals surface area contributed by atoms with Gasteiger partial charge in [0.25, 0.3) is 5.91 Å². The minimum absolute atomic E-state index is 0.0300. The lowest BCUT2D eigenvalue weighted by molar-refractivity contribution is 0.0694. The van der Waals surface area contributed by atoms with Crippen molar-refractivity contribution in [2.45, 2.75) is 6.92 Å². The summed E-state index contributed by atoms with van der Waals surface area (Å²) in [5.41, 5.74) is 0.787. The largest absolute Gasteiger partial charge is 0.478 e. The summed E-state index contributed by atoms with van der Waals surface area (Å²) in [7, 11) is 3.13. The predicted octanol–water partition coefficient (Wildman–Crippen LogP) is 1.21. The fourth-order valence-corrected chi connectivity index (χ4v) is 1.48. The van der Waals surface area contributed by atoms with E-state index in [1.165, 1.54) is 17.0 Å². The number of hydrogen-bond donors (Lipinski definition) is 1. The smallest absolute Gasteiger partial charge is 0.335 e. The molecule has 1 aromatic rings. The van der Waals surface area contributed by atoms with Gasteiger partial charge in [-0.3, -0.25) is 9.59 Å². The number of aromatic carboxylic acids is 1. The molecule has 0 spiro atoms. The third kappa shape index (κ3) is 2.50. The van der Waals surface area contributed by atoms with Gasteiger partial charge in [-0.1, -0.05) is 0 Å². The normalized spacial score (nSPS) is 9.82. The SMILES string of the molecule is Cc1cc(C(=O)N(C)C)c(C=O)cc1C(=O)O. The molecule has 0 aliphatic carbocycles. The second kappa shape index (κ2) is 4.78. The maximum Gasteiger partial charge on any atom is 0.335 e. The van der Waals surface area contributed by atoms with Crippen LogP contribution < -0.4 is 0 Å². The van der Waals surface area contributed by atoms with Gasteiger partial charge in [-0.25, -0.2) is 4.79 Å². The summed E-state index contributed by atoms with van der Waals surface area (Å²) in [5, 5.41) is 8.91. The van der Waals surface area contributed by atoms with Crippen molar-refractivity contribution in [3.8, 4) is 0 Å². The van der Waals surface area contributed by atoms with Crippen LogP contribution in [-0.4, -0.2) is 42.3 Å². The molecule has 0 saturated carbocycles. The Morgan fingerprint density at radius 1 is 1.24 bits per heavy atom. The van der Waals surface area contributed by atoms with E-state index >= 15 is 0 Å². The number of aldehydes is 1. The first-order chi connectivity index (χ1) is 7.88. The van der Waals surface area contributed by atoms with E-state index in [-0.39, 0.29) is 22.6 Å². The number of benzene rings is 1. The van der Waals surface area contributed by atoms with Gasteiger partial charge in [-0.05, 0) is 24.6 Å². The molecule has 0 bridgehead atoms. The van der Waals surface area contributed by atoms with Crippen molar-refractivity contribution in [2.24, 2.45) is 0 Å². The molecule has 5 heteroatoms. The van der Waals surface area contributed by atoms with Gasteiger partial charge < -0.3 is 10.0 Å². The van der Waals surface area contributed by atoms with Gasteiger partial charge in [0, 0.05) is 19.7 Å². The minimum atomic E-state index is -1.12. The number of carboxylic acid groups (broad SMARTS) is 1. The Morgan fingerprint density at radius 2 is 1.82 bits per heavy atom. The summed E-state index contributed by atoms with van der Waals surface area (Å²) in [4.78, 5) is 34.9. The average Bonchev–Trinajstić information content (AvgIpc) is 2.27. The van der Waals surface area contributed by atoms with Crippen molar-refractivity contribution in [1.29, 1.82) is 0 Å². The third-order valence-corrected chi connectivity index (χ3v) is 2.39. The number of aryl methyl sites for hydroxylation is 1. The highest BCUT2D eigenvalue weighted by molar-refractivity contribution is 6.03. The number of carboxylic acids is 1. The van der Waals surface area contributed by atoms with E-state index in [1.807, 2.05) is 0 Å². The van der Waals surface area contributed by atoms with Crippen LogP contribution in [0, 0.1) is 6.92 Å². The molecule has 0 heterocycles. The second-order valence-electron chi connectivity index (χ2n) is 3.88. The highest BCUT2D eigenvalue weighted by Crippen LogP contribution is 2.17. The topological polar surface area (TPSA) is 74.7 Å². The van der Waals surface area contributed by atoms with Gasteiger partial charge in [-0.2, -0.15) is 0 Å². The first-order valence-corrected chi connectivity index (χ1v) is 4.93. The first-order valence-electron chi connectivity index (χ1n) is 4.93. The van der Waals surface area contributed by atoms with Crippen LogP contribution in [0.5, 0.6) is 0 Å². The molecule has 0 atom stereocenters. The lowest BCUT2D eigenvalue weighted by atomic mass is 9.99. The Hall–Kier alpha value is -2.17. The van der Waals surface area contributed by atoms with Crippen LogP contribution in [0.15, 0.2) is 12.1 Å². The molecule has 5 nitrogen and oxygen atoms in total. The van der Waals surface area contributed by atoms with Gasteiger partial charge >= 0.3 is 5.97 Å². The number of carbonyl (C=O) groups excluding carboxylic acids is 2. The van der Waals surface area contributed by atoms with E-state index < -0.39 is 5.97 Å². The zero-order valence-corrected chi connectivity index (χ0v) is 9.85. The quantitative estimate of drug-likeness (QED) is 0.799. The van der Waals surface area contributed by atoms with Gasteiger partial charge in [0.1, 0.15) is 0 Å². The summed E-state index contributed by atoms with van der Waals surface area (Å²) in [6, 6.07) is 2.65. The highest BCUT2D eigenvalue weighted by atomic mass is 16.4. The van der Waals surface area contributed by atoms with Crippen LogP contribution in [0.2, 0.25) is 0 Å². The number of carbonyl (C=O) groups is 3. The maximum atomic E-state index is 11.8. The Labute approximate surface area is 98.7 Å². The van der Waals surface area contributed by atoms with Crippen molar-refractivity contribution in [2.75, 3.05) is 14.1 Å². The van der Waals surface area contributed by atoms with Gasteiger partial charge in [0.2, 0.25) is 0 Å². The maximum absolute atomic E-state index is 11.8. The van der Waals surface area contributed by atoms with Gasteiger partial charge in [-0.15, -0.1) is 0 Å². The number of hydrogen-bond acceptors (Lipinski definition) is 3. The molecule has 1 rings (SSSR count). The molecule has 0 fully saturated rings. The van der Waals surface area contributed by atoms with Crippen LogP contribution in [0.1, 0.15) is 36.6 Å². The molecule has 0 radical (unpaired) electrons. The second-order valence-corrected chi connectivity index (χ2v) is 3.88. The van der Waals surface area contributed by atoms with Gasteiger partial charge in [0.15, 0.2) is 6.29 Å². The third-order valence-electron chi connectivity index (χ3n) is 2.39. The van der Waals surface area contributed by atoms with Crippen molar-refractivity contribution in [1.82, 2.24) is 4.90 Å². The summed E-state index contributed by atoms with van der Waals surface area (Å²) in [6.07, 6.45) is 0.489. The summed E-state index contributed by atoms with van der Waals surface area (Å²) in [6.45, 7) is 1.59. The first kappa shape index (κ1) is 12.9. The van der Waals surface area contributed by atoms with Crippen molar-refractivity contribution < 1.29 is 19.5 Å². The molecular formula is C12H13NO4. The zero-order chi connectivity index (χ0) is 13.2. The molecule has 90 valence electrons. The number of nitrogens with zero attached hydrogens (tertiary/aromatic N) is 1. The standard InChI is InChI=1S/C12H13NO4/c1-7-4-10(11(15)13(2)3)8(6-14)5-9(7)12(16)17/h4-6H,1-3H3,(H,16,17). The lowest BCUT2D eigenvalue weighted by Gasteiger charge is -2.13. The molecule has 0 aliphatic heterocycles. The summed E-state index contributed by atoms with van der Waals surface area (Å²) < 4.78 is 0. The van der Waals surface area contributed by atoms with Gasteiger partial charge in [0.05, 0.1) is 11.1 Å². The molecule has 1 aromatic carbocycles. The molecular weight excluding hydrogens is 222 g/mol. The molecule has 0 aliphatic rings. The van der Waals surface area contributed by atoms with E-state index in [0.29, 0.717) is 11.8 Å². The highest BCUT2D eigenvalue weighted by Gasteiger charge is 2.17. The van der Waals surface area contributed by atoms with Crippen molar-refractivity contribution in [3.05, 3.63) is 34.4 Å². The van der Waals surface area contributed by atoms with Crippen LogP contribution in [-0.2, 0) is 0 Å². The predicted molar refractivity (Wildman–Crippen MR) is 61.5 cm³/mol. The molecule has 17 heavy (non-hydrogen) atoms. The minimum Gasteiger partial charge on any atom is -0.478 e. The lowest BCUT2D eigenvalue weighted by Crippen LogP contribution is -2.23.